The van der Waals surface area contributed by atoms with Crippen molar-refractivity contribution in [2.75, 3.05) is 25.8 Å². The molecular formula is C30H30N2O6S. The number of rotatable bonds is 6. The maximum atomic E-state index is 13.2. The van der Waals surface area contributed by atoms with Crippen molar-refractivity contribution in [1.82, 2.24) is 4.90 Å². The number of thioether (sulfide) groups is 1. The summed E-state index contributed by atoms with van der Waals surface area (Å²) in [6, 6.07) is 11.4. The number of imide groups is 1. The van der Waals surface area contributed by atoms with Gasteiger partial charge in [0.2, 0.25) is 12.7 Å². The average molecular weight is 547 g/mol. The molecule has 6 aliphatic rings. The summed E-state index contributed by atoms with van der Waals surface area (Å²) in [5, 5.41) is 2.25. The number of benzene rings is 2. The maximum absolute atomic E-state index is 13.2. The average Bonchev–Trinajstić information content (AvgIpc) is 3.47. The van der Waals surface area contributed by atoms with Crippen LogP contribution in [0.3, 0.4) is 0 Å². The molecule has 8 rings (SSSR count). The Morgan fingerprint density at radius 1 is 1.05 bits per heavy atom. The molecule has 202 valence electrons. The third-order valence-electron chi connectivity index (χ3n) is 9.00. The van der Waals surface area contributed by atoms with Crippen molar-refractivity contribution in [1.29, 1.82) is 0 Å². The highest BCUT2D eigenvalue weighted by molar-refractivity contribution is 8.18. The molecule has 0 atom stereocenters. The molecule has 0 spiro atoms. The van der Waals surface area contributed by atoms with Crippen LogP contribution < -0.4 is 19.5 Å². The number of fused-ring (bicyclic) bond motifs is 1. The van der Waals surface area contributed by atoms with Crippen molar-refractivity contribution in [3.8, 4) is 17.2 Å². The Kier molecular flexibility index (Phi) is 5.88. The molecule has 2 aromatic rings. The summed E-state index contributed by atoms with van der Waals surface area (Å²) < 4.78 is 16.3. The number of carbonyl (C=O) groups is 3. The van der Waals surface area contributed by atoms with Crippen molar-refractivity contribution in [3.63, 3.8) is 0 Å². The fraction of sp³-hybridized carbons (Fsp3) is 0.433. The SMILES string of the molecule is COc1ccc(C23CC4CC(CC(C4)C2)C3)cc1/C=C1/SC(=O)N(CC(=O)Nc2ccc3c(c2)OCO3)C1=O. The van der Waals surface area contributed by atoms with Crippen LogP contribution in [-0.2, 0) is 15.0 Å². The molecule has 1 N–H and O–H groups in total. The summed E-state index contributed by atoms with van der Waals surface area (Å²) in [4.78, 5) is 39.9. The topological polar surface area (TPSA) is 94.2 Å². The Morgan fingerprint density at radius 3 is 2.49 bits per heavy atom. The number of nitrogens with one attached hydrogen (secondary N) is 1. The van der Waals surface area contributed by atoms with Crippen molar-refractivity contribution in [2.24, 2.45) is 17.8 Å². The van der Waals surface area contributed by atoms with Crippen LogP contribution in [0.2, 0.25) is 0 Å². The first kappa shape index (κ1) is 24.6. The molecule has 9 heteroatoms. The number of hydrogen-bond acceptors (Lipinski definition) is 7. The van der Waals surface area contributed by atoms with E-state index < -0.39 is 17.1 Å². The van der Waals surface area contributed by atoms with Crippen LogP contribution in [0.5, 0.6) is 17.2 Å². The van der Waals surface area contributed by atoms with Crippen LogP contribution in [0.15, 0.2) is 41.3 Å². The van der Waals surface area contributed by atoms with E-state index in [1.165, 1.54) is 44.1 Å². The van der Waals surface area contributed by atoms with Gasteiger partial charge in [-0.15, -0.1) is 0 Å². The Labute approximate surface area is 231 Å². The first-order valence-electron chi connectivity index (χ1n) is 13.5. The van der Waals surface area contributed by atoms with Gasteiger partial charge in [-0.05, 0) is 109 Å². The summed E-state index contributed by atoms with van der Waals surface area (Å²) in [6.45, 7) is -0.243. The van der Waals surface area contributed by atoms with E-state index in [-0.39, 0.29) is 23.7 Å². The zero-order chi connectivity index (χ0) is 26.7. The van der Waals surface area contributed by atoms with E-state index >= 15 is 0 Å². The molecule has 39 heavy (non-hydrogen) atoms. The summed E-state index contributed by atoms with van der Waals surface area (Å²) in [5.74, 6) is 3.31. The van der Waals surface area contributed by atoms with Gasteiger partial charge in [0.05, 0.1) is 12.0 Å². The Balaban J connectivity index is 1.10. The lowest BCUT2D eigenvalue weighted by molar-refractivity contribution is -0.127. The molecule has 5 fully saturated rings. The van der Waals surface area contributed by atoms with Crippen LogP contribution in [0.1, 0.15) is 49.7 Å². The second-order valence-corrected chi connectivity index (χ2v) is 12.5. The fourth-order valence-electron chi connectivity index (χ4n) is 7.74. The van der Waals surface area contributed by atoms with E-state index in [9.17, 15) is 14.4 Å². The fourth-order valence-corrected chi connectivity index (χ4v) is 8.57. The summed E-state index contributed by atoms with van der Waals surface area (Å²) in [6.07, 6.45) is 9.57. The van der Waals surface area contributed by atoms with Crippen LogP contribution in [-0.4, -0.2) is 42.4 Å². The quantitative estimate of drug-likeness (QED) is 0.474. The Morgan fingerprint density at radius 2 is 1.77 bits per heavy atom. The normalized spacial score (nSPS) is 29.4. The van der Waals surface area contributed by atoms with Gasteiger partial charge in [-0.3, -0.25) is 19.3 Å². The van der Waals surface area contributed by atoms with E-state index in [4.69, 9.17) is 14.2 Å². The molecule has 0 radical (unpaired) electrons. The number of amides is 3. The first-order chi connectivity index (χ1) is 18.9. The lowest BCUT2D eigenvalue weighted by Gasteiger charge is -2.57. The lowest BCUT2D eigenvalue weighted by Crippen LogP contribution is -2.48. The molecule has 4 saturated carbocycles. The summed E-state index contributed by atoms with van der Waals surface area (Å²) in [5.41, 5.74) is 2.81. The van der Waals surface area contributed by atoms with Crippen LogP contribution in [0.25, 0.3) is 6.08 Å². The number of carbonyl (C=O) groups excluding carboxylic acids is 3. The van der Waals surface area contributed by atoms with Gasteiger partial charge >= 0.3 is 0 Å². The van der Waals surface area contributed by atoms with Crippen LogP contribution in [0.4, 0.5) is 10.5 Å². The van der Waals surface area contributed by atoms with Crippen molar-refractivity contribution in [3.05, 3.63) is 52.4 Å². The van der Waals surface area contributed by atoms with Gasteiger partial charge in [0.15, 0.2) is 11.5 Å². The maximum Gasteiger partial charge on any atom is 0.294 e. The van der Waals surface area contributed by atoms with Gasteiger partial charge in [0.25, 0.3) is 11.1 Å². The minimum absolute atomic E-state index is 0.131. The minimum atomic E-state index is -0.479. The van der Waals surface area contributed by atoms with Crippen LogP contribution in [0, 0.1) is 17.8 Å². The van der Waals surface area contributed by atoms with E-state index in [0.717, 1.165) is 40.0 Å². The molecule has 0 aromatic heterocycles. The summed E-state index contributed by atoms with van der Waals surface area (Å²) in [7, 11) is 1.61. The number of ether oxygens (including phenoxy) is 3. The van der Waals surface area contributed by atoms with Gasteiger partial charge in [-0.1, -0.05) is 6.07 Å². The third-order valence-corrected chi connectivity index (χ3v) is 9.91. The molecule has 4 aliphatic carbocycles. The number of anilines is 1. The van der Waals surface area contributed by atoms with Gasteiger partial charge in [0.1, 0.15) is 12.3 Å². The van der Waals surface area contributed by atoms with Gasteiger partial charge in [-0.2, -0.15) is 0 Å². The molecule has 2 aromatic carbocycles. The second-order valence-electron chi connectivity index (χ2n) is 11.5. The zero-order valence-corrected chi connectivity index (χ0v) is 22.6. The largest absolute Gasteiger partial charge is 0.496 e. The second kappa shape index (κ2) is 9.33. The predicted molar refractivity (Wildman–Crippen MR) is 147 cm³/mol. The smallest absolute Gasteiger partial charge is 0.294 e. The number of nitrogens with zero attached hydrogens (tertiary/aromatic N) is 1. The zero-order valence-electron chi connectivity index (χ0n) is 21.7. The van der Waals surface area contributed by atoms with Crippen molar-refractivity contribution in [2.45, 2.75) is 43.9 Å². The molecule has 8 nitrogen and oxygen atoms in total. The van der Waals surface area contributed by atoms with E-state index in [2.05, 4.69) is 17.4 Å². The predicted octanol–water partition coefficient (Wildman–Crippen LogP) is 5.57. The highest BCUT2D eigenvalue weighted by atomic mass is 32.2. The highest BCUT2D eigenvalue weighted by Crippen LogP contribution is 2.61. The lowest BCUT2D eigenvalue weighted by atomic mass is 9.48. The third kappa shape index (κ3) is 4.36. The molecule has 1 saturated heterocycles. The first-order valence-corrected chi connectivity index (χ1v) is 14.3. The van der Waals surface area contributed by atoms with E-state index in [1.54, 1.807) is 31.4 Å². The number of hydrogen-bond donors (Lipinski definition) is 1. The monoisotopic (exact) mass is 546 g/mol. The Hall–Kier alpha value is -3.46. The van der Waals surface area contributed by atoms with Gasteiger partial charge in [-0.25, -0.2) is 0 Å². The van der Waals surface area contributed by atoms with Gasteiger partial charge < -0.3 is 19.5 Å². The molecule has 2 aliphatic heterocycles. The molecule has 4 bridgehead atoms. The molecule has 0 unspecified atom stereocenters. The number of methoxy groups -OCH3 is 1. The highest BCUT2D eigenvalue weighted by Gasteiger charge is 2.51. The van der Waals surface area contributed by atoms with Crippen molar-refractivity contribution >= 4 is 40.6 Å². The molecular weight excluding hydrogens is 516 g/mol. The minimum Gasteiger partial charge on any atom is -0.496 e. The van der Waals surface area contributed by atoms with Crippen LogP contribution >= 0.6 is 11.8 Å². The van der Waals surface area contributed by atoms with E-state index in [1.807, 2.05) is 6.07 Å². The van der Waals surface area contributed by atoms with Gasteiger partial charge in [0, 0.05) is 17.3 Å². The summed E-state index contributed by atoms with van der Waals surface area (Å²) >= 11 is 0.852. The molecule has 3 amide bonds. The standard InChI is InChI=1S/C30H30N2O6S/c1-36-23-4-2-21(30-12-17-6-18(13-30)8-19(7-17)14-30)9-20(23)10-26-28(34)32(29(35)39-26)15-27(33)31-22-3-5-24-25(11-22)38-16-37-24/h2-5,9-11,17-19H,6-8,12-16H2,1H3,(H,31,33)/b26-10+. The van der Waals surface area contributed by atoms with E-state index in [0.29, 0.717) is 22.9 Å². The Bertz CT molecular complexity index is 1380. The van der Waals surface area contributed by atoms with Crippen molar-refractivity contribution < 1.29 is 28.6 Å². The molecule has 2 heterocycles.